The summed E-state index contributed by atoms with van der Waals surface area (Å²) in [5.74, 6) is -0.896. The van der Waals surface area contributed by atoms with E-state index in [9.17, 15) is 19.8 Å². The molecule has 0 bridgehead atoms. The number of amides is 1. The van der Waals surface area contributed by atoms with E-state index < -0.39 is 5.91 Å². The molecule has 3 N–H and O–H groups in total. The van der Waals surface area contributed by atoms with Crippen LogP contribution in [0.1, 0.15) is 20.7 Å². The molecule has 5 nitrogen and oxygen atoms in total. The smallest absolute Gasteiger partial charge is 0.255 e. The molecule has 0 radical (unpaired) electrons. The summed E-state index contributed by atoms with van der Waals surface area (Å²) >= 11 is 0. The molecule has 0 aromatic heterocycles. The van der Waals surface area contributed by atoms with E-state index in [2.05, 4.69) is 5.32 Å². The molecule has 0 aliphatic heterocycles. The van der Waals surface area contributed by atoms with E-state index in [1.165, 1.54) is 18.2 Å². The Morgan fingerprint density at radius 2 is 1.74 bits per heavy atom. The molecule has 0 saturated heterocycles. The highest BCUT2D eigenvalue weighted by atomic mass is 16.3. The zero-order valence-electron chi connectivity index (χ0n) is 9.83. The van der Waals surface area contributed by atoms with Crippen LogP contribution in [0.2, 0.25) is 0 Å². The van der Waals surface area contributed by atoms with Crippen molar-refractivity contribution < 1.29 is 19.8 Å². The van der Waals surface area contributed by atoms with Crippen molar-refractivity contribution in [3.05, 3.63) is 53.6 Å². The predicted octanol–water partition coefficient (Wildman–Crippen LogP) is 2.16. The third-order valence-corrected chi connectivity index (χ3v) is 2.45. The van der Waals surface area contributed by atoms with E-state index in [0.29, 0.717) is 17.5 Å². The normalized spacial score (nSPS) is 9.89. The number of benzene rings is 2. The fourth-order valence-electron chi connectivity index (χ4n) is 1.62. The van der Waals surface area contributed by atoms with Crippen LogP contribution < -0.4 is 5.32 Å². The molecule has 0 aliphatic rings. The summed E-state index contributed by atoms with van der Waals surface area (Å²) in [5, 5.41) is 21.2. The molecule has 0 aliphatic carbocycles. The molecule has 0 heterocycles. The number of nitrogens with one attached hydrogen (secondary N) is 1. The number of hydrogen-bond donors (Lipinski definition) is 3. The lowest BCUT2D eigenvalue weighted by atomic mass is 10.1. The summed E-state index contributed by atoms with van der Waals surface area (Å²) in [6.45, 7) is 0. The number of aldehydes is 1. The van der Waals surface area contributed by atoms with Gasteiger partial charge in [0.05, 0.1) is 0 Å². The Hall–Kier alpha value is -2.82. The molecule has 0 atom stereocenters. The van der Waals surface area contributed by atoms with E-state index in [4.69, 9.17) is 0 Å². The van der Waals surface area contributed by atoms with E-state index in [-0.39, 0.29) is 17.1 Å². The molecule has 5 heteroatoms. The van der Waals surface area contributed by atoms with Crippen LogP contribution >= 0.6 is 0 Å². The van der Waals surface area contributed by atoms with E-state index in [1.807, 2.05) is 0 Å². The van der Waals surface area contributed by atoms with Crippen LogP contribution in [0.4, 0.5) is 5.69 Å². The van der Waals surface area contributed by atoms with Gasteiger partial charge in [0.2, 0.25) is 0 Å². The van der Waals surface area contributed by atoms with Crippen molar-refractivity contribution in [3.63, 3.8) is 0 Å². The largest absolute Gasteiger partial charge is 0.508 e. The quantitative estimate of drug-likeness (QED) is 0.735. The number of aromatic hydroxyl groups is 2. The van der Waals surface area contributed by atoms with Gasteiger partial charge in [-0.1, -0.05) is 12.1 Å². The highest BCUT2D eigenvalue weighted by Gasteiger charge is 2.09. The van der Waals surface area contributed by atoms with Crippen molar-refractivity contribution in [2.45, 2.75) is 0 Å². The summed E-state index contributed by atoms with van der Waals surface area (Å²) in [6.07, 6.45) is 0.676. The maximum atomic E-state index is 11.9. The lowest BCUT2D eigenvalue weighted by Crippen LogP contribution is -2.11. The van der Waals surface area contributed by atoms with Gasteiger partial charge in [-0.15, -0.1) is 0 Å². The van der Waals surface area contributed by atoms with Crippen molar-refractivity contribution in [3.8, 4) is 11.5 Å². The average molecular weight is 257 g/mol. The van der Waals surface area contributed by atoms with Gasteiger partial charge in [-0.25, -0.2) is 0 Å². The van der Waals surface area contributed by atoms with Crippen LogP contribution in [-0.4, -0.2) is 22.4 Å². The Morgan fingerprint density at radius 3 is 2.37 bits per heavy atom. The van der Waals surface area contributed by atoms with Crippen molar-refractivity contribution in [2.75, 3.05) is 5.32 Å². The molecule has 0 fully saturated rings. The summed E-state index contributed by atoms with van der Waals surface area (Å²) in [5.41, 5.74) is 1.02. The van der Waals surface area contributed by atoms with E-state index >= 15 is 0 Å². The maximum Gasteiger partial charge on any atom is 0.255 e. The predicted molar refractivity (Wildman–Crippen MR) is 69.6 cm³/mol. The summed E-state index contributed by atoms with van der Waals surface area (Å²) in [7, 11) is 0. The molecule has 1 amide bonds. The van der Waals surface area contributed by atoms with Crippen LogP contribution in [0.3, 0.4) is 0 Å². The second kappa shape index (κ2) is 5.22. The highest BCUT2D eigenvalue weighted by Crippen LogP contribution is 2.21. The van der Waals surface area contributed by atoms with Crippen LogP contribution in [0.15, 0.2) is 42.5 Å². The minimum absolute atomic E-state index is 0.119. The molecular formula is C14H11NO4. The minimum Gasteiger partial charge on any atom is -0.508 e. The van der Waals surface area contributed by atoms with Gasteiger partial charge in [0.1, 0.15) is 17.8 Å². The lowest BCUT2D eigenvalue weighted by molar-refractivity contribution is 0.102. The lowest BCUT2D eigenvalue weighted by Gasteiger charge is -2.06. The van der Waals surface area contributed by atoms with Gasteiger partial charge >= 0.3 is 0 Å². The second-order valence-corrected chi connectivity index (χ2v) is 3.94. The topological polar surface area (TPSA) is 86.6 Å². The van der Waals surface area contributed by atoms with Gasteiger partial charge < -0.3 is 15.5 Å². The Morgan fingerprint density at radius 1 is 1.05 bits per heavy atom. The molecule has 19 heavy (non-hydrogen) atoms. The van der Waals surface area contributed by atoms with E-state index in [0.717, 1.165) is 6.07 Å². The van der Waals surface area contributed by atoms with Gasteiger partial charge in [0.25, 0.3) is 5.91 Å². The number of carbonyl (C=O) groups excluding carboxylic acids is 2. The van der Waals surface area contributed by atoms with Gasteiger partial charge in [-0.2, -0.15) is 0 Å². The molecule has 0 unspecified atom stereocenters. The minimum atomic E-state index is -0.491. The first-order valence-electron chi connectivity index (χ1n) is 5.48. The van der Waals surface area contributed by atoms with Crippen LogP contribution in [-0.2, 0) is 0 Å². The number of hydrogen-bond acceptors (Lipinski definition) is 4. The number of phenols is 2. The van der Waals surface area contributed by atoms with Crippen molar-refractivity contribution in [2.24, 2.45) is 0 Å². The van der Waals surface area contributed by atoms with Crippen molar-refractivity contribution in [1.82, 2.24) is 0 Å². The molecule has 2 aromatic rings. The standard InChI is InChI=1S/C14H11NO4/c16-8-9-2-1-3-11(4-9)15-14(19)10-5-12(17)7-13(18)6-10/h1-8,17-18H,(H,15,19). The molecule has 2 aromatic carbocycles. The van der Waals surface area contributed by atoms with Crippen molar-refractivity contribution >= 4 is 17.9 Å². The zero-order valence-corrected chi connectivity index (χ0v) is 9.83. The zero-order chi connectivity index (χ0) is 13.8. The van der Waals surface area contributed by atoms with E-state index in [1.54, 1.807) is 18.2 Å². The molecular weight excluding hydrogens is 246 g/mol. The third kappa shape index (κ3) is 3.10. The van der Waals surface area contributed by atoms with Crippen molar-refractivity contribution in [1.29, 1.82) is 0 Å². The summed E-state index contributed by atoms with van der Waals surface area (Å²) < 4.78 is 0. The van der Waals surface area contributed by atoms with Crippen LogP contribution in [0.25, 0.3) is 0 Å². The molecule has 2 rings (SSSR count). The third-order valence-electron chi connectivity index (χ3n) is 2.45. The maximum absolute atomic E-state index is 11.9. The average Bonchev–Trinajstić information content (AvgIpc) is 2.37. The number of carbonyl (C=O) groups is 2. The number of rotatable bonds is 3. The van der Waals surface area contributed by atoms with Gasteiger partial charge in [-0.05, 0) is 24.3 Å². The highest BCUT2D eigenvalue weighted by molar-refractivity contribution is 6.05. The monoisotopic (exact) mass is 257 g/mol. The molecule has 0 spiro atoms. The fourth-order valence-corrected chi connectivity index (χ4v) is 1.62. The Kier molecular flexibility index (Phi) is 3.47. The molecule has 0 saturated carbocycles. The van der Waals surface area contributed by atoms with Gasteiger partial charge in [0.15, 0.2) is 0 Å². The van der Waals surface area contributed by atoms with Crippen LogP contribution in [0.5, 0.6) is 11.5 Å². The Balaban J connectivity index is 2.22. The number of phenolic OH excluding ortho intramolecular Hbond substituents is 2. The van der Waals surface area contributed by atoms with Crippen LogP contribution in [0, 0.1) is 0 Å². The fraction of sp³-hybridized carbons (Fsp3) is 0. The summed E-state index contributed by atoms with van der Waals surface area (Å²) in [6, 6.07) is 10.0. The first-order chi connectivity index (χ1) is 9.08. The van der Waals surface area contributed by atoms with Gasteiger partial charge in [0, 0.05) is 22.9 Å². The number of anilines is 1. The summed E-state index contributed by atoms with van der Waals surface area (Å²) in [4.78, 5) is 22.5. The Bertz CT molecular complexity index is 617. The second-order valence-electron chi connectivity index (χ2n) is 3.94. The first kappa shape index (κ1) is 12.6. The van der Waals surface area contributed by atoms with Gasteiger partial charge in [-0.3, -0.25) is 9.59 Å². The molecule has 96 valence electrons. The SMILES string of the molecule is O=Cc1cccc(NC(=O)c2cc(O)cc(O)c2)c1. The Labute approximate surface area is 109 Å². The first-order valence-corrected chi connectivity index (χ1v) is 5.48.